The van der Waals surface area contributed by atoms with Crippen LogP contribution in [0.15, 0.2) is 48.8 Å². The Morgan fingerprint density at radius 3 is 2.57 bits per heavy atom. The minimum Gasteiger partial charge on any atom is -0.497 e. The van der Waals surface area contributed by atoms with Crippen LogP contribution in [0.5, 0.6) is 17.2 Å². The van der Waals surface area contributed by atoms with Gasteiger partial charge in [-0.1, -0.05) is 13.8 Å². The number of nitrogens with zero attached hydrogens (tertiary/aromatic N) is 2. The van der Waals surface area contributed by atoms with Gasteiger partial charge in [0.1, 0.15) is 29.6 Å². The summed E-state index contributed by atoms with van der Waals surface area (Å²) < 4.78 is 31.6. The molecule has 0 aliphatic carbocycles. The number of nitrogens with one attached hydrogen (secondary N) is 2. The number of methoxy groups -OCH3 is 2. The van der Waals surface area contributed by atoms with E-state index in [9.17, 15) is 0 Å². The Hall–Kier alpha value is -4.07. The zero-order chi connectivity index (χ0) is 24.9. The maximum atomic E-state index is 15.0. The van der Waals surface area contributed by atoms with Crippen LogP contribution in [-0.4, -0.2) is 34.2 Å². The Morgan fingerprint density at radius 1 is 0.971 bits per heavy atom. The first-order valence-corrected chi connectivity index (χ1v) is 11.5. The fourth-order valence-electron chi connectivity index (χ4n) is 3.88. The van der Waals surface area contributed by atoms with Crippen molar-refractivity contribution in [2.75, 3.05) is 14.2 Å². The number of benzene rings is 2. The fraction of sp³-hybridized carbons (Fsp3) is 0.259. The summed E-state index contributed by atoms with van der Waals surface area (Å²) in [6.45, 7) is 6.12. The monoisotopic (exact) mass is 476 g/mol. The van der Waals surface area contributed by atoms with Gasteiger partial charge in [0.15, 0.2) is 11.5 Å². The van der Waals surface area contributed by atoms with Crippen molar-refractivity contribution in [3.8, 4) is 17.2 Å². The third kappa shape index (κ3) is 5.06. The van der Waals surface area contributed by atoms with Gasteiger partial charge in [0.2, 0.25) is 0 Å². The minimum absolute atomic E-state index is 0.138. The van der Waals surface area contributed by atoms with Crippen LogP contribution in [0.1, 0.15) is 36.4 Å². The highest BCUT2D eigenvalue weighted by Gasteiger charge is 2.15. The lowest BCUT2D eigenvalue weighted by Crippen LogP contribution is -2.02. The van der Waals surface area contributed by atoms with Crippen molar-refractivity contribution >= 4 is 22.1 Å². The van der Waals surface area contributed by atoms with E-state index in [1.54, 1.807) is 19.4 Å². The summed E-state index contributed by atoms with van der Waals surface area (Å²) in [5, 5.41) is 0.982. The van der Waals surface area contributed by atoms with E-state index in [0.29, 0.717) is 29.3 Å². The topological polar surface area (TPSA) is 85.1 Å². The van der Waals surface area contributed by atoms with E-state index in [-0.39, 0.29) is 12.4 Å². The highest BCUT2D eigenvalue weighted by atomic mass is 19.1. The third-order valence-corrected chi connectivity index (χ3v) is 5.57. The standard InChI is InChI=1S/C25H23FN4O3.C2H6/c1-14-6-18-16(12-28-25(18)27-11-14)7-15-8-22(32-3)23(10-19(15)26)33-13-24-29-20-5-4-17(31-2)9-21(20)30-24;1-2/h4-6,8-12H,7,13H2,1-3H3,(H,27,28)(H,29,30);1-2H3. The molecule has 0 radical (unpaired) electrons. The van der Waals surface area contributed by atoms with Gasteiger partial charge in [-0.25, -0.2) is 14.4 Å². The molecule has 0 unspecified atom stereocenters. The Balaban J connectivity index is 0.00000141. The second-order valence-electron chi connectivity index (χ2n) is 7.85. The third-order valence-electron chi connectivity index (χ3n) is 5.57. The van der Waals surface area contributed by atoms with Crippen molar-refractivity contribution in [3.63, 3.8) is 0 Å². The molecule has 2 N–H and O–H groups in total. The van der Waals surface area contributed by atoms with Crippen molar-refractivity contribution < 1.29 is 18.6 Å². The van der Waals surface area contributed by atoms with Crippen LogP contribution in [0.25, 0.3) is 22.1 Å². The van der Waals surface area contributed by atoms with Gasteiger partial charge in [0.05, 0.1) is 25.3 Å². The molecule has 3 aromatic heterocycles. The second-order valence-corrected chi connectivity index (χ2v) is 7.85. The molecule has 0 spiro atoms. The maximum absolute atomic E-state index is 15.0. The van der Waals surface area contributed by atoms with Crippen LogP contribution in [0.2, 0.25) is 0 Å². The van der Waals surface area contributed by atoms with Gasteiger partial charge >= 0.3 is 0 Å². The summed E-state index contributed by atoms with van der Waals surface area (Å²) in [6.07, 6.45) is 4.07. The van der Waals surface area contributed by atoms with Crippen LogP contribution < -0.4 is 14.2 Å². The number of aromatic amines is 2. The van der Waals surface area contributed by atoms with Gasteiger partial charge in [0, 0.05) is 36.3 Å². The predicted molar refractivity (Wildman–Crippen MR) is 135 cm³/mol. The average molecular weight is 477 g/mol. The van der Waals surface area contributed by atoms with E-state index in [1.807, 2.05) is 51.2 Å². The van der Waals surface area contributed by atoms with Gasteiger partial charge in [-0.3, -0.25) is 0 Å². The zero-order valence-corrected chi connectivity index (χ0v) is 20.5. The number of hydrogen-bond donors (Lipinski definition) is 2. The molecular formula is C27H29FN4O3. The first-order chi connectivity index (χ1) is 17.0. The number of imidazole rings is 1. The van der Waals surface area contributed by atoms with Crippen LogP contribution in [0, 0.1) is 12.7 Å². The maximum Gasteiger partial charge on any atom is 0.164 e. The number of aromatic nitrogens is 4. The van der Waals surface area contributed by atoms with E-state index in [4.69, 9.17) is 14.2 Å². The molecular weight excluding hydrogens is 447 g/mol. The second kappa shape index (κ2) is 10.5. The molecule has 0 fully saturated rings. The molecule has 2 aromatic carbocycles. The number of rotatable bonds is 7. The number of pyridine rings is 1. The van der Waals surface area contributed by atoms with Gasteiger partial charge in [-0.15, -0.1) is 0 Å². The molecule has 7 nitrogen and oxygen atoms in total. The van der Waals surface area contributed by atoms with E-state index in [1.165, 1.54) is 13.2 Å². The van der Waals surface area contributed by atoms with E-state index >= 15 is 4.39 Å². The Bertz CT molecular complexity index is 1460. The van der Waals surface area contributed by atoms with Gasteiger partial charge < -0.3 is 24.2 Å². The molecule has 0 bridgehead atoms. The molecule has 3 heterocycles. The number of fused-ring (bicyclic) bond motifs is 2. The molecule has 0 atom stereocenters. The molecule has 0 aliphatic rings. The summed E-state index contributed by atoms with van der Waals surface area (Å²) in [5.41, 5.74) is 4.95. The molecule has 0 amide bonds. The lowest BCUT2D eigenvalue weighted by Gasteiger charge is -2.12. The fourth-order valence-corrected chi connectivity index (χ4v) is 3.88. The van der Waals surface area contributed by atoms with Crippen LogP contribution in [0.3, 0.4) is 0 Å². The number of aryl methyl sites for hydroxylation is 1. The van der Waals surface area contributed by atoms with E-state index in [2.05, 4.69) is 19.9 Å². The first kappa shape index (κ1) is 24.1. The van der Waals surface area contributed by atoms with Crippen LogP contribution in [-0.2, 0) is 13.0 Å². The lowest BCUT2D eigenvalue weighted by atomic mass is 10.0. The number of ether oxygens (including phenoxy) is 3. The Labute approximate surface area is 203 Å². The number of hydrogen-bond acceptors (Lipinski definition) is 5. The quantitative estimate of drug-likeness (QED) is 0.296. The SMILES string of the molecule is CC.COc1ccc2nc(COc3cc(F)c(Cc4c[nH]c5ncc(C)cc45)cc3OC)[nH]c2c1. The van der Waals surface area contributed by atoms with Crippen molar-refractivity contribution in [3.05, 3.63) is 77.1 Å². The van der Waals surface area contributed by atoms with Gasteiger partial charge in [-0.05, 0) is 47.9 Å². The molecule has 8 heteroatoms. The van der Waals surface area contributed by atoms with Crippen molar-refractivity contribution in [2.45, 2.75) is 33.8 Å². The van der Waals surface area contributed by atoms with E-state index < -0.39 is 0 Å². The largest absolute Gasteiger partial charge is 0.497 e. The minimum atomic E-state index is -0.366. The first-order valence-electron chi connectivity index (χ1n) is 11.5. The molecule has 5 aromatic rings. The summed E-state index contributed by atoms with van der Waals surface area (Å²) in [5.74, 6) is 1.76. The number of H-pyrrole nitrogens is 2. The molecule has 0 saturated carbocycles. The van der Waals surface area contributed by atoms with Gasteiger partial charge in [0.25, 0.3) is 0 Å². The normalized spacial score (nSPS) is 10.8. The molecule has 182 valence electrons. The Kier molecular flexibility index (Phi) is 7.19. The highest BCUT2D eigenvalue weighted by Crippen LogP contribution is 2.33. The summed E-state index contributed by atoms with van der Waals surface area (Å²) >= 11 is 0. The molecule has 35 heavy (non-hydrogen) atoms. The average Bonchev–Trinajstić information content (AvgIpc) is 3.48. The van der Waals surface area contributed by atoms with E-state index in [0.717, 1.165) is 38.9 Å². The lowest BCUT2D eigenvalue weighted by molar-refractivity contribution is 0.275. The van der Waals surface area contributed by atoms with Crippen LogP contribution in [0.4, 0.5) is 4.39 Å². The molecule has 5 rings (SSSR count). The molecule has 0 saturated heterocycles. The smallest absolute Gasteiger partial charge is 0.164 e. The van der Waals surface area contributed by atoms with Crippen molar-refractivity contribution in [2.24, 2.45) is 0 Å². The predicted octanol–water partition coefficient (Wildman–Crippen LogP) is 6.10. The van der Waals surface area contributed by atoms with Gasteiger partial charge in [-0.2, -0.15) is 0 Å². The Morgan fingerprint density at radius 2 is 1.80 bits per heavy atom. The highest BCUT2D eigenvalue weighted by molar-refractivity contribution is 5.80. The van der Waals surface area contributed by atoms with Crippen molar-refractivity contribution in [1.29, 1.82) is 0 Å². The molecule has 0 aliphatic heterocycles. The summed E-state index contributed by atoms with van der Waals surface area (Å²) in [7, 11) is 3.15. The number of halogens is 1. The van der Waals surface area contributed by atoms with Crippen LogP contribution >= 0.6 is 0 Å². The zero-order valence-electron chi connectivity index (χ0n) is 20.5. The summed E-state index contributed by atoms with van der Waals surface area (Å²) in [4.78, 5) is 15.2. The summed E-state index contributed by atoms with van der Waals surface area (Å²) in [6, 6.07) is 10.7. The van der Waals surface area contributed by atoms with Crippen molar-refractivity contribution in [1.82, 2.24) is 19.9 Å².